The molecule has 2 bridgehead atoms. The van der Waals surface area contributed by atoms with Crippen LogP contribution < -0.4 is 10.5 Å². The highest BCUT2D eigenvalue weighted by Gasteiger charge is 2.71. The van der Waals surface area contributed by atoms with Gasteiger partial charge in [-0.15, -0.1) is 0 Å². The van der Waals surface area contributed by atoms with E-state index in [4.69, 9.17) is 10.5 Å². The van der Waals surface area contributed by atoms with Gasteiger partial charge in [-0.05, 0) is 68.2 Å². The van der Waals surface area contributed by atoms with Crippen LogP contribution in [0.15, 0.2) is 24.3 Å². The Labute approximate surface area is 159 Å². The second-order valence-corrected chi connectivity index (χ2v) is 9.30. The molecule has 142 valence electrons. The number of hydrogen-bond acceptors (Lipinski definition) is 4. The molecule has 1 spiro atoms. The molecule has 5 aliphatic rings. The predicted molar refractivity (Wildman–Crippen MR) is 101 cm³/mol. The number of carbonyl (C=O) groups is 1. The van der Waals surface area contributed by atoms with E-state index in [2.05, 4.69) is 11.5 Å². The maximum absolute atomic E-state index is 12.2. The minimum atomic E-state index is -0.833. The van der Waals surface area contributed by atoms with Crippen molar-refractivity contribution in [3.63, 3.8) is 0 Å². The Balaban J connectivity index is 1.58. The Morgan fingerprint density at radius 3 is 2.93 bits per heavy atom. The summed E-state index contributed by atoms with van der Waals surface area (Å²) in [4.78, 5) is 14.6. The van der Waals surface area contributed by atoms with Crippen LogP contribution in [0.1, 0.15) is 53.6 Å². The van der Waals surface area contributed by atoms with Crippen molar-refractivity contribution in [1.29, 1.82) is 0 Å². The zero-order valence-corrected chi connectivity index (χ0v) is 15.5. The normalized spacial score (nSPS) is 39.1. The number of carbonyl (C=O) groups excluding carboxylic acids is 1. The van der Waals surface area contributed by atoms with E-state index >= 15 is 0 Å². The molecule has 3 fully saturated rings. The number of benzene rings is 1. The highest BCUT2D eigenvalue weighted by Crippen LogP contribution is 2.65. The van der Waals surface area contributed by atoms with Gasteiger partial charge in [0.25, 0.3) is 5.91 Å². The van der Waals surface area contributed by atoms with Crippen LogP contribution >= 0.6 is 0 Å². The van der Waals surface area contributed by atoms with Gasteiger partial charge < -0.3 is 15.6 Å². The van der Waals surface area contributed by atoms with Crippen LogP contribution in [0.25, 0.3) is 0 Å². The summed E-state index contributed by atoms with van der Waals surface area (Å²) < 4.78 is 6.40. The van der Waals surface area contributed by atoms with Crippen molar-refractivity contribution in [3.05, 3.63) is 41.0 Å². The van der Waals surface area contributed by atoms with Gasteiger partial charge in [0.2, 0.25) is 0 Å². The third-order valence-corrected chi connectivity index (χ3v) is 8.00. The lowest BCUT2D eigenvalue weighted by Gasteiger charge is -2.63. The molecular weight excluding hydrogens is 340 g/mol. The molecule has 3 N–H and O–H groups in total. The molecule has 1 aromatic rings. The first-order valence-corrected chi connectivity index (χ1v) is 10.2. The summed E-state index contributed by atoms with van der Waals surface area (Å²) >= 11 is 0. The van der Waals surface area contributed by atoms with Gasteiger partial charge in [-0.25, -0.2) is 0 Å². The molecule has 0 aromatic heterocycles. The summed E-state index contributed by atoms with van der Waals surface area (Å²) in [5.41, 5.74) is 8.06. The maximum Gasteiger partial charge on any atom is 0.252 e. The summed E-state index contributed by atoms with van der Waals surface area (Å²) in [7, 11) is 0. The van der Waals surface area contributed by atoms with Gasteiger partial charge >= 0.3 is 0 Å². The first-order valence-electron chi connectivity index (χ1n) is 10.2. The predicted octanol–water partition coefficient (Wildman–Crippen LogP) is 1.91. The molecule has 4 atom stereocenters. The van der Waals surface area contributed by atoms with Gasteiger partial charge in [0.15, 0.2) is 0 Å². The number of nitrogens with zero attached hydrogens (tertiary/aromatic N) is 1. The van der Waals surface area contributed by atoms with Crippen molar-refractivity contribution in [1.82, 2.24) is 4.90 Å². The van der Waals surface area contributed by atoms with Crippen LogP contribution in [0.2, 0.25) is 0 Å². The summed E-state index contributed by atoms with van der Waals surface area (Å²) in [6.45, 7) is 6.35. The minimum Gasteiger partial charge on any atom is -0.484 e. The van der Waals surface area contributed by atoms with E-state index in [0.717, 1.165) is 55.8 Å². The van der Waals surface area contributed by atoms with Crippen LogP contribution in [0.5, 0.6) is 5.75 Å². The molecule has 5 nitrogen and oxygen atoms in total. The van der Waals surface area contributed by atoms with E-state index in [1.54, 1.807) is 6.07 Å². The first kappa shape index (κ1) is 16.1. The van der Waals surface area contributed by atoms with Gasteiger partial charge in [0.05, 0.1) is 16.6 Å². The van der Waals surface area contributed by atoms with E-state index < -0.39 is 16.9 Å². The molecule has 3 aliphatic carbocycles. The number of ether oxygens (including phenoxy) is 1. The van der Waals surface area contributed by atoms with E-state index in [1.807, 2.05) is 6.07 Å². The zero-order chi connectivity index (χ0) is 18.6. The molecule has 1 saturated heterocycles. The topological polar surface area (TPSA) is 75.8 Å². The molecule has 1 amide bonds. The van der Waals surface area contributed by atoms with E-state index in [-0.39, 0.29) is 12.1 Å². The quantitative estimate of drug-likeness (QED) is 0.802. The van der Waals surface area contributed by atoms with Crippen molar-refractivity contribution in [2.45, 2.75) is 61.7 Å². The number of piperidine rings is 1. The highest BCUT2D eigenvalue weighted by molar-refractivity contribution is 5.97. The summed E-state index contributed by atoms with van der Waals surface area (Å²) in [5.74, 6) is 0.942. The lowest BCUT2D eigenvalue weighted by Crippen LogP contribution is -2.75. The molecule has 5 heteroatoms. The number of amides is 1. The second-order valence-electron chi connectivity index (χ2n) is 9.30. The van der Waals surface area contributed by atoms with Crippen molar-refractivity contribution >= 4 is 5.91 Å². The molecule has 2 heterocycles. The Morgan fingerprint density at radius 2 is 2.19 bits per heavy atom. The Bertz CT molecular complexity index is 892. The van der Waals surface area contributed by atoms with Gasteiger partial charge in [0, 0.05) is 18.2 Å². The van der Waals surface area contributed by atoms with Gasteiger partial charge in [-0.2, -0.15) is 0 Å². The Kier molecular flexibility index (Phi) is 2.96. The zero-order valence-electron chi connectivity index (χ0n) is 15.5. The summed E-state index contributed by atoms with van der Waals surface area (Å²) in [6, 6.07) is 3.96. The molecule has 2 aliphatic heterocycles. The lowest BCUT2D eigenvalue weighted by molar-refractivity contribution is -0.174. The summed E-state index contributed by atoms with van der Waals surface area (Å²) in [6.07, 6.45) is 5.53. The molecule has 1 aromatic carbocycles. The SMILES string of the molecule is C=C1CCC2(O)[C@H]3Cc4ccc(C(N)=O)c5c4[C@@]2(CCN3CC2CC2)C1O5. The Morgan fingerprint density at radius 1 is 1.37 bits per heavy atom. The number of likely N-dealkylation sites (tertiary alicyclic amines) is 1. The highest BCUT2D eigenvalue weighted by atomic mass is 16.5. The third kappa shape index (κ3) is 1.80. The fourth-order valence-electron chi connectivity index (χ4n) is 6.60. The fourth-order valence-corrected chi connectivity index (χ4v) is 6.60. The van der Waals surface area contributed by atoms with Gasteiger partial charge in [-0.3, -0.25) is 9.69 Å². The third-order valence-electron chi connectivity index (χ3n) is 8.00. The van der Waals surface area contributed by atoms with E-state index in [1.165, 1.54) is 18.4 Å². The second kappa shape index (κ2) is 4.95. The number of primary amides is 1. The van der Waals surface area contributed by atoms with Gasteiger partial charge in [0.1, 0.15) is 11.9 Å². The monoisotopic (exact) mass is 366 g/mol. The minimum absolute atomic E-state index is 0.115. The average molecular weight is 366 g/mol. The van der Waals surface area contributed by atoms with E-state index in [0.29, 0.717) is 11.3 Å². The van der Waals surface area contributed by atoms with Crippen LogP contribution in [-0.2, 0) is 11.8 Å². The molecule has 2 unspecified atom stereocenters. The molecule has 6 rings (SSSR count). The number of aliphatic hydroxyl groups is 1. The van der Waals surface area contributed by atoms with Crippen LogP contribution in [0.3, 0.4) is 0 Å². The molecule has 0 radical (unpaired) electrons. The van der Waals surface area contributed by atoms with Crippen molar-refractivity contribution < 1.29 is 14.6 Å². The molecular formula is C22H26N2O3. The lowest BCUT2D eigenvalue weighted by atomic mass is 9.48. The number of hydrogen-bond donors (Lipinski definition) is 2. The van der Waals surface area contributed by atoms with Crippen LogP contribution in [0, 0.1) is 5.92 Å². The largest absolute Gasteiger partial charge is 0.484 e. The van der Waals surface area contributed by atoms with E-state index in [9.17, 15) is 9.90 Å². The number of rotatable bonds is 3. The first-order chi connectivity index (χ1) is 13.0. The molecule has 27 heavy (non-hydrogen) atoms. The van der Waals surface area contributed by atoms with Gasteiger partial charge in [-0.1, -0.05) is 12.6 Å². The smallest absolute Gasteiger partial charge is 0.252 e. The average Bonchev–Trinajstić information content (AvgIpc) is 3.37. The van der Waals surface area contributed by atoms with Crippen LogP contribution in [-0.4, -0.2) is 46.7 Å². The standard InChI is InChI=1S/C22H26N2O3/c1-12-6-7-22(26)16-10-14-4-5-15(20(23)25)18-17(14)21(22,19(12)27-18)8-9-24(16)11-13-2-3-13/h4-5,13,16,19,26H,1-3,6-11H2,(H2,23,25)/t16-,19?,21+,22?/m1/s1. The maximum atomic E-state index is 12.2. The van der Waals surface area contributed by atoms with Crippen molar-refractivity contribution in [2.24, 2.45) is 11.7 Å². The molecule has 2 saturated carbocycles. The summed E-state index contributed by atoms with van der Waals surface area (Å²) in [5, 5.41) is 12.2. The van der Waals surface area contributed by atoms with Crippen LogP contribution in [0.4, 0.5) is 0 Å². The Hall–Kier alpha value is -1.85. The number of nitrogens with two attached hydrogens (primary N) is 1. The fraction of sp³-hybridized carbons (Fsp3) is 0.591. The van der Waals surface area contributed by atoms with Crippen molar-refractivity contribution in [2.75, 3.05) is 13.1 Å². The van der Waals surface area contributed by atoms with Crippen molar-refractivity contribution in [3.8, 4) is 5.75 Å².